The monoisotopic (exact) mass is 434 g/mol. The maximum absolute atomic E-state index is 12.8. The largest absolute Gasteiger partial charge is 0.497 e. The van der Waals surface area contributed by atoms with E-state index in [1.165, 1.54) is 0 Å². The van der Waals surface area contributed by atoms with Crippen LogP contribution >= 0.6 is 28.7 Å². The number of rotatable bonds is 5. The van der Waals surface area contributed by atoms with Crippen LogP contribution in [0.25, 0.3) is 0 Å². The lowest BCUT2D eigenvalue weighted by Crippen LogP contribution is -2.33. The Hall–Kier alpha value is -1.79. The van der Waals surface area contributed by atoms with E-state index >= 15 is 0 Å². The van der Waals surface area contributed by atoms with E-state index in [9.17, 15) is 4.79 Å². The van der Waals surface area contributed by atoms with Crippen molar-refractivity contribution in [2.45, 2.75) is 19.4 Å². The number of nitrogens with zero attached hydrogens (tertiary/aromatic N) is 2. The smallest absolute Gasteiger partial charge is 0.182 e. The van der Waals surface area contributed by atoms with Gasteiger partial charge in [-0.3, -0.25) is 9.79 Å². The van der Waals surface area contributed by atoms with Crippen molar-refractivity contribution in [2.24, 2.45) is 4.99 Å². The number of methoxy groups -OCH3 is 1. The fraction of sp³-hybridized carbons (Fsp3) is 0.300. The Morgan fingerprint density at radius 3 is 2.35 bits per heavy atom. The molecule has 0 amide bonds. The molecule has 0 radical (unpaired) electrons. The molecular weight excluding hydrogens is 412 g/mol. The molecule has 3 rings (SSSR count). The van der Waals surface area contributed by atoms with E-state index in [1.807, 2.05) is 47.4 Å². The first-order valence-corrected chi connectivity index (χ1v) is 9.19. The highest BCUT2D eigenvalue weighted by molar-refractivity contribution is 8.93. The van der Waals surface area contributed by atoms with Crippen molar-refractivity contribution >= 4 is 45.4 Å². The fourth-order valence-corrected chi connectivity index (χ4v) is 3.78. The standard InChI is InChI=1S/C20H22N2O2S.BrH/c1-20(2)14-25-19(21-20)22(16-7-5-4-6-8-16)13-18(23)15-9-11-17(24-3)12-10-15;/h4-12H,13-14H2,1-3H3;1H. The van der Waals surface area contributed by atoms with Crippen molar-refractivity contribution in [3.63, 3.8) is 0 Å². The van der Waals surface area contributed by atoms with E-state index in [4.69, 9.17) is 9.73 Å². The Bertz CT molecular complexity index is 776. The van der Waals surface area contributed by atoms with Crippen LogP contribution in [0.3, 0.4) is 0 Å². The number of hydrogen-bond acceptors (Lipinski definition) is 5. The van der Waals surface area contributed by atoms with Crippen LogP contribution in [0.2, 0.25) is 0 Å². The number of hydrogen-bond donors (Lipinski definition) is 0. The Balaban J connectivity index is 0.00000243. The van der Waals surface area contributed by atoms with Gasteiger partial charge in [0, 0.05) is 17.0 Å². The zero-order chi connectivity index (χ0) is 17.9. The maximum atomic E-state index is 12.8. The summed E-state index contributed by atoms with van der Waals surface area (Å²) in [4.78, 5) is 19.6. The Kier molecular flexibility index (Phi) is 6.89. The van der Waals surface area contributed by atoms with Crippen LogP contribution in [0, 0.1) is 0 Å². The van der Waals surface area contributed by atoms with Gasteiger partial charge in [0.1, 0.15) is 5.75 Å². The molecule has 2 aromatic rings. The average Bonchev–Trinajstić information content (AvgIpc) is 3.00. The van der Waals surface area contributed by atoms with Gasteiger partial charge in [-0.2, -0.15) is 0 Å². The summed E-state index contributed by atoms with van der Waals surface area (Å²) in [5.41, 5.74) is 1.55. The van der Waals surface area contributed by atoms with Crippen molar-refractivity contribution in [3.05, 3.63) is 60.2 Å². The van der Waals surface area contributed by atoms with E-state index in [1.54, 1.807) is 31.0 Å². The summed E-state index contributed by atoms with van der Waals surface area (Å²) in [6.45, 7) is 4.49. The lowest BCUT2D eigenvalue weighted by atomic mass is 10.1. The van der Waals surface area contributed by atoms with Gasteiger partial charge < -0.3 is 9.64 Å². The molecule has 0 N–H and O–H groups in total. The third kappa shape index (κ3) is 4.89. The molecule has 0 atom stereocenters. The molecule has 0 spiro atoms. The van der Waals surface area contributed by atoms with E-state index in [-0.39, 0.29) is 34.8 Å². The number of anilines is 1. The number of aliphatic imine (C=N–C) groups is 1. The molecule has 0 bridgehead atoms. The van der Waals surface area contributed by atoms with Crippen LogP contribution in [0.1, 0.15) is 24.2 Å². The molecule has 0 saturated carbocycles. The summed E-state index contributed by atoms with van der Waals surface area (Å²) in [5, 5.41) is 0.901. The fourth-order valence-electron chi connectivity index (χ4n) is 2.59. The van der Waals surface area contributed by atoms with Gasteiger partial charge in [0.15, 0.2) is 11.0 Å². The molecule has 1 heterocycles. The predicted molar refractivity (Wildman–Crippen MR) is 115 cm³/mol. The number of Topliss-reactive ketones (excluding diaryl/α,β-unsaturated/α-hetero) is 1. The van der Waals surface area contributed by atoms with E-state index < -0.39 is 0 Å². The second-order valence-corrected chi connectivity index (χ2v) is 7.51. The van der Waals surface area contributed by atoms with Gasteiger partial charge in [-0.25, -0.2) is 0 Å². The number of thioether (sulfide) groups is 1. The Morgan fingerprint density at radius 2 is 1.81 bits per heavy atom. The van der Waals surface area contributed by atoms with Crippen LogP contribution in [0.5, 0.6) is 5.75 Å². The topological polar surface area (TPSA) is 41.9 Å². The molecule has 1 aliphatic heterocycles. The number of ketones is 1. The summed E-state index contributed by atoms with van der Waals surface area (Å²) >= 11 is 1.70. The number of ether oxygens (including phenoxy) is 1. The molecular formula is C20H23BrN2O2S. The maximum Gasteiger partial charge on any atom is 0.182 e. The van der Waals surface area contributed by atoms with Gasteiger partial charge in [-0.15, -0.1) is 17.0 Å². The summed E-state index contributed by atoms with van der Waals surface area (Å²) in [7, 11) is 1.62. The second kappa shape index (κ2) is 8.73. The van der Waals surface area contributed by atoms with Crippen molar-refractivity contribution in [2.75, 3.05) is 24.3 Å². The molecule has 0 unspecified atom stereocenters. The number of benzene rings is 2. The third-order valence-electron chi connectivity index (χ3n) is 3.97. The summed E-state index contributed by atoms with van der Waals surface area (Å²) in [6, 6.07) is 17.2. The minimum absolute atomic E-state index is 0. The number of para-hydroxylation sites is 1. The first-order chi connectivity index (χ1) is 12.0. The molecule has 0 fully saturated rings. The van der Waals surface area contributed by atoms with Gasteiger partial charge >= 0.3 is 0 Å². The molecule has 2 aromatic carbocycles. The third-order valence-corrected chi connectivity index (χ3v) is 5.39. The van der Waals surface area contributed by atoms with Crippen molar-refractivity contribution < 1.29 is 9.53 Å². The zero-order valence-corrected chi connectivity index (χ0v) is 17.7. The van der Waals surface area contributed by atoms with Crippen LogP contribution in [0.4, 0.5) is 5.69 Å². The minimum atomic E-state index is -0.101. The molecule has 1 aliphatic rings. The van der Waals surface area contributed by atoms with Crippen LogP contribution in [-0.2, 0) is 0 Å². The highest BCUT2D eigenvalue weighted by Crippen LogP contribution is 2.31. The van der Waals surface area contributed by atoms with E-state index in [0.717, 1.165) is 22.4 Å². The van der Waals surface area contributed by atoms with Crippen LogP contribution < -0.4 is 9.64 Å². The quantitative estimate of drug-likeness (QED) is 0.630. The van der Waals surface area contributed by atoms with Crippen molar-refractivity contribution in [1.29, 1.82) is 0 Å². The lowest BCUT2D eigenvalue weighted by Gasteiger charge is -2.23. The van der Waals surface area contributed by atoms with Crippen LogP contribution in [-0.4, -0.2) is 35.9 Å². The SMILES string of the molecule is Br.COc1ccc(C(=O)CN(C2=NC(C)(C)CS2)c2ccccc2)cc1. The van der Waals surface area contributed by atoms with Gasteiger partial charge in [-0.05, 0) is 50.2 Å². The van der Waals surface area contributed by atoms with Gasteiger partial charge in [-0.1, -0.05) is 30.0 Å². The van der Waals surface area contributed by atoms with Crippen molar-refractivity contribution in [3.8, 4) is 5.75 Å². The summed E-state index contributed by atoms with van der Waals surface area (Å²) < 4.78 is 5.16. The average molecular weight is 435 g/mol. The first-order valence-electron chi connectivity index (χ1n) is 8.21. The normalized spacial score (nSPS) is 15.0. The van der Waals surface area contributed by atoms with Gasteiger partial charge in [0.05, 0.1) is 19.2 Å². The highest BCUT2D eigenvalue weighted by Gasteiger charge is 2.30. The van der Waals surface area contributed by atoms with E-state index in [0.29, 0.717) is 5.56 Å². The molecule has 0 saturated heterocycles. The zero-order valence-electron chi connectivity index (χ0n) is 15.1. The minimum Gasteiger partial charge on any atom is -0.497 e. The molecule has 26 heavy (non-hydrogen) atoms. The number of carbonyl (C=O) groups is 1. The number of halogens is 1. The van der Waals surface area contributed by atoms with E-state index in [2.05, 4.69) is 13.8 Å². The summed E-state index contributed by atoms with van der Waals surface area (Å²) in [5.74, 6) is 1.72. The second-order valence-electron chi connectivity index (χ2n) is 6.57. The lowest BCUT2D eigenvalue weighted by molar-refractivity contribution is 0.100. The molecule has 0 aromatic heterocycles. The van der Waals surface area contributed by atoms with Crippen molar-refractivity contribution in [1.82, 2.24) is 0 Å². The number of carbonyl (C=O) groups excluding carboxylic acids is 1. The van der Waals surface area contributed by atoms with Gasteiger partial charge in [0.25, 0.3) is 0 Å². The van der Waals surface area contributed by atoms with Gasteiger partial charge in [0.2, 0.25) is 0 Å². The molecule has 4 nitrogen and oxygen atoms in total. The molecule has 6 heteroatoms. The highest BCUT2D eigenvalue weighted by atomic mass is 79.9. The van der Waals surface area contributed by atoms with Crippen LogP contribution in [0.15, 0.2) is 59.6 Å². The summed E-state index contributed by atoms with van der Waals surface area (Å²) in [6.07, 6.45) is 0. The Morgan fingerprint density at radius 1 is 1.15 bits per heavy atom. The predicted octanol–water partition coefficient (Wildman–Crippen LogP) is 4.84. The molecule has 0 aliphatic carbocycles. The first kappa shape index (κ1) is 20.5. The molecule has 138 valence electrons. The Labute approximate surface area is 169 Å². The number of amidine groups is 1.